The van der Waals surface area contributed by atoms with E-state index in [-0.39, 0.29) is 24.2 Å². The molecule has 22 heavy (non-hydrogen) atoms. The van der Waals surface area contributed by atoms with Crippen LogP contribution < -0.4 is 0 Å². The van der Waals surface area contributed by atoms with E-state index in [0.29, 0.717) is 12.5 Å². The third kappa shape index (κ3) is 2.98. The topological polar surface area (TPSA) is 46.6 Å². The lowest BCUT2D eigenvalue weighted by molar-refractivity contribution is -0.121. The van der Waals surface area contributed by atoms with Crippen LogP contribution in [0.1, 0.15) is 24.8 Å². The normalized spacial score (nSPS) is 26.8. The Morgan fingerprint density at radius 2 is 2.00 bits per heavy atom. The van der Waals surface area contributed by atoms with Gasteiger partial charge in [0.1, 0.15) is 6.61 Å². The molecule has 1 aliphatic carbocycles. The first-order chi connectivity index (χ1) is 10.7. The van der Waals surface area contributed by atoms with Gasteiger partial charge in [-0.15, -0.1) is 11.6 Å². The van der Waals surface area contributed by atoms with Crippen LogP contribution in [0.3, 0.4) is 0 Å². The smallest absolute Gasteiger partial charge is 0.410 e. The SMILES string of the molecule is O=C(CCl)C1C2CCCC2CN1C(=O)OCc1ccccc1. The third-order valence-corrected chi connectivity index (χ3v) is 5.06. The standard InChI is InChI=1S/C17H20ClNO3/c18-9-15(20)16-14-8-4-7-13(14)10-19(16)17(21)22-11-12-5-2-1-3-6-12/h1-3,5-6,13-14,16H,4,7-11H2. The number of fused-ring (bicyclic) bond motifs is 1. The molecule has 3 rings (SSSR count). The van der Waals surface area contributed by atoms with Crippen molar-refractivity contribution in [2.24, 2.45) is 11.8 Å². The molecule has 0 radical (unpaired) electrons. The number of Topliss-reactive ketones (excluding diaryl/α,β-unsaturated/α-hetero) is 1. The molecule has 1 aromatic carbocycles. The highest BCUT2D eigenvalue weighted by molar-refractivity contribution is 6.28. The number of amides is 1. The van der Waals surface area contributed by atoms with Crippen LogP contribution in [-0.2, 0) is 16.1 Å². The molecule has 2 aliphatic rings. The van der Waals surface area contributed by atoms with E-state index in [1.165, 1.54) is 0 Å². The molecule has 0 N–H and O–H groups in total. The van der Waals surface area contributed by atoms with Crippen molar-refractivity contribution in [3.63, 3.8) is 0 Å². The highest BCUT2D eigenvalue weighted by Gasteiger charge is 2.49. The number of benzene rings is 1. The first kappa shape index (κ1) is 15.3. The summed E-state index contributed by atoms with van der Waals surface area (Å²) in [5.74, 6) is 0.570. The van der Waals surface area contributed by atoms with E-state index < -0.39 is 12.1 Å². The van der Waals surface area contributed by atoms with Gasteiger partial charge in [-0.2, -0.15) is 0 Å². The molecule has 0 spiro atoms. The van der Waals surface area contributed by atoms with E-state index in [2.05, 4.69) is 0 Å². The molecule has 5 heteroatoms. The van der Waals surface area contributed by atoms with E-state index >= 15 is 0 Å². The lowest BCUT2D eigenvalue weighted by Gasteiger charge is -2.25. The summed E-state index contributed by atoms with van der Waals surface area (Å²) in [7, 11) is 0. The Hall–Kier alpha value is -1.55. The van der Waals surface area contributed by atoms with Gasteiger partial charge in [0, 0.05) is 6.54 Å². The van der Waals surface area contributed by atoms with Gasteiger partial charge in [0.2, 0.25) is 0 Å². The average molecular weight is 322 g/mol. The van der Waals surface area contributed by atoms with Crippen molar-refractivity contribution in [1.29, 1.82) is 0 Å². The Morgan fingerprint density at radius 1 is 1.23 bits per heavy atom. The van der Waals surface area contributed by atoms with Gasteiger partial charge < -0.3 is 4.74 Å². The van der Waals surface area contributed by atoms with Crippen LogP contribution in [0.25, 0.3) is 0 Å². The highest BCUT2D eigenvalue weighted by atomic mass is 35.5. The van der Waals surface area contributed by atoms with E-state index in [1.807, 2.05) is 30.3 Å². The zero-order chi connectivity index (χ0) is 15.5. The summed E-state index contributed by atoms with van der Waals surface area (Å²) in [5, 5.41) is 0. The molecule has 1 aromatic rings. The van der Waals surface area contributed by atoms with Crippen LogP contribution in [0.5, 0.6) is 0 Å². The van der Waals surface area contributed by atoms with Gasteiger partial charge in [-0.3, -0.25) is 9.69 Å². The van der Waals surface area contributed by atoms with Crippen LogP contribution in [0.2, 0.25) is 0 Å². The number of halogens is 1. The summed E-state index contributed by atoms with van der Waals surface area (Å²) in [6.45, 7) is 0.846. The minimum absolute atomic E-state index is 0.0453. The van der Waals surface area contributed by atoms with E-state index in [1.54, 1.807) is 4.90 Å². The predicted octanol–water partition coefficient (Wildman–Crippen LogP) is 3.23. The van der Waals surface area contributed by atoms with Crippen LogP contribution in [0.15, 0.2) is 30.3 Å². The zero-order valence-corrected chi connectivity index (χ0v) is 13.2. The van der Waals surface area contributed by atoms with Crippen LogP contribution in [0.4, 0.5) is 4.79 Å². The Bertz CT molecular complexity index is 548. The monoisotopic (exact) mass is 321 g/mol. The minimum Gasteiger partial charge on any atom is -0.445 e. The van der Waals surface area contributed by atoms with E-state index in [4.69, 9.17) is 16.3 Å². The van der Waals surface area contributed by atoms with Crippen molar-refractivity contribution in [1.82, 2.24) is 4.90 Å². The van der Waals surface area contributed by atoms with Gasteiger partial charge in [-0.05, 0) is 30.2 Å². The maximum absolute atomic E-state index is 12.4. The molecule has 1 aliphatic heterocycles. The number of ketones is 1. The zero-order valence-electron chi connectivity index (χ0n) is 12.4. The molecule has 0 bridgehead atoms. The van der Waals surface area contributed by atoms with Crippen molar-refractivity contribution < 1.29 is 14.3 Å². The van der Waals surface area contributed by atoms with Gasteiger partial charge in [0.05, 0.1) is 11.9 Å². The summed E-state index contributed by atoms with van der Waals surface area (Å²) in [6, 6.07) is 9.16. The second-order valence-corrected chi connectivity index (χ2v) is 6.36. The molecule has 2 fully saturated rings. The lowest BCUT2D eigenvalue weighted by atomic mass is 9.92. The molecule has 1 heterocycles. The largest absolute Gasteiger partial charge is 0.445 e. The summed E-state index contributed by atoms with van der Waals surface area (Å²) >= 11 is 5.74. The van der Waals surface area contributed by atoms with Crippen LogP contribution in [0, 0.1) is 11.8 Å². The quantitative estimate of drug-likeness (QED) is 0.800. The second kappa shape index (κ2) is 6.69. The Morgan fingerprint density at radius 3 is 2.73 bits per heavy atom. The fourth-order valence-electron chi connectivity index (χ4n) is 3.79. The molecule has 3 atom stereocenters. The van der Waals surface area contributed by atoms with Gasteiger partial charge in [-0.1, -0.05) is 36.8 Å². The minimum atomic E-state index is -0.401. The molecular weight excluding hydrogens is 302 g/mol. The molecule has 3 unspecified atom stereocenters. The van der Waals surface area contributed by atoms with Crippen molar-refractivity contribution in [3.8, 4) is 0 Å². The van der Waals surface area contributed by atoms with Crippen molar-refractivity contribution in [2.75, 3.05) is 12.4 Å². The van der Waals surface area contributed by atoms with Gasteiger partial charge in [-0.25, -0.2) is 4.79 Å². The molecule has 1 saturated heterocycles. The number of carbonyl (C=O) groups excluding carboxylic acids is 2. The Labute approximate surface area is 135 Å². The van der Waals surface area contributed by atoms with Gasteiger partial charge in [0.15, 0.2) is 5.78 Å². The number of likely N-dealkylation sites (tertiary alicyclic amines) is 1. The van der Waals surface area contributed by atoms with Crippen molar-refractivity contribution in [2.45, 2.75) is 31.9 Å². The molecule has 4 nitrogen and oxygen atoms in total. The number of carbonyl (C=O) groups is 2. The predicted molar refractivity (Wildman–Crippen MR) is 83.7 cm³/mol. The first-order valence-corrected chi connectivity index (χ1v) is 8.30. The number of hydrogen-bond acceptors (Lipinski definition) is 3. The van der Waals surface area contributed by atoms with E-state index in [9.17, 15) is 9.59 Å². The number of nitrogens with zero attached hydrogens (tertiary/aromatic N) is 1. The summed E-state index contributed by atoms with van der Waals surface area (Å²) in [6.07, 6.45) is 2.82. The summed E-state index contributed by atoms with van der Waals surface area (Å²) < 4.78 is 5.39. The molecule has 0 aromatic heterocycles. The number of alkyl halides is 1. The average Bonchev–Trinajstić information content (AvgIpc) is 3.13. The number of ether oxygens (including phenoxy) is 1. The van der Waals surface area contributed by atoms with Crippen LogP contribution >= 0.6 is 11.6 Å². The fourth-order valence-corrected chi connectivity index (χ4v) is 3.95. The third-order valence-electron chi connectivity index (χ3n) is 4.79. The Kier molecular flexibility index (Phi) is 4.67. The number of rotatable bonds is 4. The van der Waals surface area contributed by atoms with E-state index in [0.717, 1.165) is 24.8 Å². The molecule has 1 amide bonds. The van der Waals surface area contributed by atoms with Crippen molar-refractivity contribution >= 4 is 23.5 Å². The maximum atomic E-state index is 12.4. The fraction of sp³-hybridized carbons (Fsp3) is 0.529. The van der Waals surface area contributed by atoms with Crippen LogP contribution in [-0.4, -0.2) is 35.2 Å². The lowest BCUT2D eigenvalue weighted by Crippen LogP contribution is -2.44. The number of hydrogen-bond donors (Lipinski definition) is 0. The maximum Gasteiger partial charge on any atom is 0.410 e. The molecule has 1 saturated carbocycles. The molecule has 118 valence electrons. The summed E-state index contributed by atoms with van der Waals surface area (Å²) in [4.78, 5) is 26.2. The molecular formula is C17H20ClNO3. The van der Waals surface area contributed by atoms with Gasteiger partial charge in [0.25, 0.3) is 0 Å². The summed E-state index contributed by atoms with van der Waals surface area (Å²) in [5.41, 5.74) is 0.940. The Balaban J connectivity index is 1.66. The van der Waals surface area contributed by atoms with Gasteiger partial charge >= 0.3 is 6.09 Å². The highest BCUT2D eigenvalue weighted by Crippen LogP contribution is 2.42. The second-order valence-electron chi connectivity index (χ2n) is 6.09. The van der Waals surface area contributed by atoms with Crippen molar-refractivity contribution in [3.05, 3.63) is 35.9 Å². The first-order valence-electron chi connectivity index (χ1n) is 7.76.